The molecule has 1 fully saturated rings. The highest BCUT2D eigenvalue weighted by atomic mass is 16.6. The van der Waals surface area contributed by atoms with E-state index in [9.17, 15) is 14.7 Å². The van der Waals surface area contributed by atoms with Crippen LogP contribution in [0.15, 0.2) is 0 Å². The lowest BCUT2D eigenvalue weighted by Crippen LogP contribution is -2.49. The summed E-state index contributed by atoms with van der Waals surface area (Å²) in [6.45, 7) is 7.18. The molecule has 0 aliphatic heterocycles. The minimum absolute atomic E-state index is 0.0830. The van der Waals surface area contributed by atoms with Crippen LogP contribution in [0.2, 0.25) is 0 Å². The smallest absolute Gasteiger partial charge is 0.408 e. The Bertz CT molecular complexity index is 342. The fourth-order valence-electron chi connectivity index (χ4n) is 2.78. The highest BCUT2D eigenvalue weighted by Crippen LogP contribution is 2.31. The summed E-state index contributed by atoms with van der Waals surface area (Å²) in [7, 11) is 0. The van der Waals surface area contributed by atoms with Gasteiger partial charge in [-0.25, -0.2) is 9.59 Å². The molecule has 20 heavy (non-hydrogen) atoms. The van der Waals surface area contributed by atoms with Gasteiger partial charge in [-0.15, -0.1) is 0 Å². The van der Waals surface area contributed by atoms with Crippen molar-refractivity contribution < 1.29 is 19.4 Å². The second-order valence-corrected chi connectivity index (χ2v) is 6.72. The summed E-state index contributed by atoms with van der Waals surface area (Å²) < 4.78 is 5.14. The molecule has 0 aromatic carbocycles. The number of carboxylic acid groups (broad SMARTS) is 1. The zero-order valence-electron chi connectivity index (χ0n) is 12.9. The van der Waals surface area contributed by atoms with E-state index in [-0.39, 0.29) is 5.92 Å². The average Bonchev–Trinajstić information content (AvgIpc) is 2.34. The van der Waals surface area contributed by atoms with E-state index in [1.165, 1.54) is 6.42 Å². The molecule has 1 amide bonds. The van der Waals surface area contributed by atoms with Gasteiger partial charge in [-0.3, -0.25) is 0 Å². The van der Waals surface area contributed by atoms with E-state index in [2.05, 4.69) is 5.32 Å². The Morgan fingerprint density at radius 3 is 2.20 bits per heavy atom. The van der Waals surface area contributed by atoms with E-state index < -0.39 is 23.7 Å². The Morgan fingerprint density at radius 1 is 1.20 bits per heavy atom. The van der Waals surface area contributed by atoms with Crippen LogP contribution in [0.1, 0.15) is 59.8 Å². The summed E-state index contributed by atoms with van der Waals surface area (Å²) in [5, 5.41) is 11.9. The molecule has 1 aliphatic rings. The number of alkyl carbamates (subject to hydrolysis) is 1. The van der Waals surface area contributed by atoms with Gasteiger partial charge in [-0.1, -0.05) is 39.0 Å². The highest BCUT2D eigenvalue weighted by molar-refractivity contribution is 5.80. The molecule has 0 aromatic heterocycles. The maximum atomic E-state index is 11.8. The Kier molecular flexibility index (Phi) is 5.84. The number of nitrogens with one attached hydrogen (secondary N) is 1. The van der Waals surface area contributed by atoms with Crippen molar-refractivity contribution >= 4 is 12.1 Å². The molecule has 1 aliphatic carbocycles. The molecule has 116 valence electrons. The monoisotopic (exact) mass is 285 g/mol. The van der Waals surface area contributed by atoms with Crippen molar-refractivity contribution in [2.45, 2.75) is 71.4 Å². The molecule has 0 heterocycles. The highest BCUT2D eigenvalue weighted by Gasteiger charge is 2.33. The Morgan fingerprint density at radius 2 is 1.75 bits per heavy atom. The number of carbonyl (C=O) groups is 2. The van der Waals surface area contributed by atoms with Gasteiger partial charge in [0.25, 0.3) is 0 Å². The molecule has 1 unspecified atom stereocenters. The van der Waals surface area contributed by atoms with Crippen molar-refractivity contribution in [2.24, 2.45) is 11.8 Å². The first-order valence-electron chi connectivity index (χ1n) is 7.43. The molecule has 1 saturated carbocycles. The molecule has 5 nitrogen and oxygen atoms in total. The van der Waals surface area contributed by atoms with Gasteiger partial charge in [0, 0.05) is 0 Å². The molecule has 0 spiro atoms. The van der Waals surface area contributed by atoms with Crippen molar-refractivity contribution in [2.75, 3.05) is 0 Å². The number of hydrogen-bond acceptors (Lipinski definition) is 3. The first-order chi connectivity index (χ1) is 9.20. The predicted molar refractivity (Wildman–Crippen MR) is 76.5 cm³/mol. The fourth-order valence-corrected chi connectivity index (χ4v) is 2.78. The first-order valence-corrected chi connectivity index (χ1v) is 7.43. The van der Waals surface area contributed by atoms with Crippen molar-refractivity contribution in [3.63, 3.8) is 0 Å². The van der Waals surface area contributed by atoms with Crippen LogP contribution < -0.4 is 5.32 Å². The molecule has 1 rings (SSSR count). The third-order valence-corrected chi connectivity index (χ3v) is 3.86. The molecule has 2 atom stereocenters. The Balaban J connectivity index is 2.63. The molecule has 0 aromatic rings. The number of aliphatic carboxylic acids is 1. The molecule has 0 saturated heterocycles. The third kappa shape index (κ3) is 5.39. The van der Waals surface area contributed by atoms with Crippen LogP contribution in [0, 0.1) is 11.8 Å². The van der Waals surface area contributed by atoms with Gasteiger partial charge in [0.05, 0.1) is 0 Å². The molecule has 0 radical (unpaired) electrons. The van der Waals surface area contributed by atoms with Crippen molar-refractivity contribution in [1.29, 1.82) is 0 Å². The number of rotatable bonds is 4. The summed E-state index contributed by atoms with van der Waals surface area (Å²) in [4.78, 5) is 23.2. The fraction of sp³-hybridized carbons (Fsp3) is 0.867. The molecular formula is C15H27NO4. The minimum Gasteiger partial charge on any atom is -0.480 e. The van der Waals surface area contributed by atoms with Crippen LogP contribution in [-0.4, -0.2) is 28.8 Å². The van der Waals surface area contributed by atoms with E-state index in [0.29, 0.717) is 5.92 Å². The number of amides is 1. The lowest BCUT2D eigenvalue weighted by molar-refractivity contribution is -0.141. The zero-order valence-corrected chi connectivity index (χ0v) is 12.9. The van der Waals surface area contributed by atoms with E-state index in [1.54, 1.807) is 20.8 Å². The Labute approximate surface area is 121 Å². The van der Waals surface area contributed by atoms with Crippen LogP contribution >= 0.6 is 0 Å². The van der Waals surface area contributed by atoms with E-state index in [1.807, 2.05) is 6.92 Å². The maximum Gasteiger partial charge on any atom is 0.408 e. The third-order valence-electron chi connectivity index (χ3n) is 3.86. The van der Waals surface area contributed by atoms with Gasteiger partial charge in [0.1, 0.15) is 11.6 Å². The summed E-state index contributed by atoms with van der Waals surface area (Å²) in [6.07, 6.45) is 4.94. The number of carbonyl (C=O) groups excluding carboxylic acids is 1. The van der Waals surface area contributed by atoms with Crippen LogP contribution in [0.5, 0.6) is 0 Å². The minimum atomic E-state index is -0.992. The second kappa shape index (κ2) is 6.95. The molecule has 0 bridgehead atoms. The number of hydrogen-bond donors (Lipinski definition) is 2. The largest absolute Gasteiger partial charge is 0.480 e. The van der Waals surface area contributed by atoms with Crippen molar-refractivity contribution in [3.8, 4) is 0 Å². The van der Waals surface area contributed by atoms with E-state index >= 15 is 0 Å². The van der Waals surface area contributed by atoms with E-state index in [4.69, 9.17) is 4.74 Å². The van der Waals surface area contributed by atoms with Gasteiger partial charge in [0.15, 0.2) is 0 Å². The first kappa shape index (κ1) is 16.8. The van der Waals surface area contributed by atoms with Gasteiger partial charge >= 0.3 is 12.1 Å². The van der Waals surface area contributed by atoms with E-state index in [0.717, 1.165) is 25.7 Å². The molecule has 5 heteroatoms. The maximum absolute atomic E-state index is 11.8. The summed E-state index contributed by atoms with van der Waals surface area (Å²) >= 11 is 0. The van der Waals surface area contributed by atoms with Crippen LogP contribution in [0.25, 0.3) is 0 Å². The van der Waals surface area contributed by atoms with Crippen molar-refractivity contribution in [3.05, 3.63) is 0 Å². The average molecular weight is 285 g/mol. The van der Waals surface area contributed by atoms with Crippen LogP contribution in [0.3, 0.4) is 0 Å². The summed E-state index contributed by atoms with van der Waals surface area (Å²) in [5.74, 6) is -0.714. The van der Waals surface area contributed by atoms with Crippen LogP contribution in [-0.2, 0) is 9.53 Å². The topological polar surface area (TPSA) is 75.6 Å². The molecule has 2 N–H and O–H groups in total. The second-order valence-electron chi connectivity index (χ2n) is 6.72. The SMILES string of the molecule is CC(C1CCCCC1)[C@H](NC(=O)OC(C)(C)C)C(=O)O. The van der Waals surface area contributed by atoms with Gasteiger partial charge in [0.2, 0.25) is 0 Å². The quantitative estimate of drug-likeness (QED) is 0.831. The van der Waals surface area contributed by atoms with Gasteiger partial charge in [-0.05, 0) is 32.6 Å². The van der Waals surface area contributed by atoms with Gasteiger partial charge < -0.3 is 15.2 Å². The molecular weight excluding hydrogens is 258 g/mol. The van der Waals surface area contributed by atoms with Crippen molar-refractivity contribution in [1.82, 2.24) is 5.32 Å². The Hall–Kier alpha value is -1.26. The standard InChI is InChI=1S/C15H27NO4/c1-10(11-8-6-5-7-9-11)12(13(17)18)16-14(19)20-15(2,3)4/h10-12H,5-9H2,1-4H3,(H,16,19)(H,17,18)/t10?,12-/m0/s1. The normalized spacial score (nSPS) is 20.0. The van der Waals surface area contributed by atoms with Gasteiger partial charge in [-0.2, -0.15) is 0 Å². The van der Waals surface area contributed by atoms with Crippen LogP contribution in [0.4, 0.5) is 4.79 Å². The number of carboxylic acids is 1. The predicted octanol–water partition coefficient (Wildman–Crippen LogP) is 3.18. The lowest BCUT2D eigenvalue weighted by Gasteiger charge is -2.32. The zero-order chi connectivity index (χ0) is 15.3. The number of ether oxygens (including phenoxy) is 1. The summed E-state index contributed by atoms with van der Waals surface area (Å²) in [6, 6.07) is -0.882. The summed E-state index contributed by atoms with van der Waals surface area (Å²) in [5.41, 5.74) is -0.624. The lowest BCUT2D eigenvalue weighted by atomic mass is 9.77.